The number of aromatic nitrogens is 2. The third kappa shape index (κ3) is 3.47. The highest BCUT2D eigenvalue weighted by Crippen LogP contribution is 2.23. The van der Waals surface area contributed by atoms with Crippen LogP contribution in [0.25, 0.3) is 5.65 Å². The summed E-state index contributed by atoms with van der Waals surface area (Å²) in [6, 6.07) is 26.8. The monoisotopic (exact) mass is 368 g/mol. The van der Waals surface area contributed by atoms with Gasteiger partial charge in [-0.25, -0.2) is 4.57 Å². The molecule has 0 aliphatic heterocycles. The first kappa shape index (κ1) is 17.8. The third-order valence-electron chi connectivity index (χ3n) is 4.97. The number of hydrogen-bond donors (Lipinski definition) is 0. The first-order chi connectivity index (χ1) is 13.8. The maximum Gasteiger partial charge on any atom is 0.330 e. The average molecular weight is 368 g/mol. The van der Waals surface area contributed by atoms with Crippen LogP contribution in [-0.4, -0.2) is 4.57 Å². The van der Waals surface area contributed by atoms with Crippen molar-refractivity contribution in [2.75, 3.05) is 0 Å². The van der Waals surface area contributed by atoms with Gasteiger partial charge in [-0.15, -0.1) is 0 Å². The lowest BCUT2D eigenvalue weighted by Crippen LogP contribution is -2.25. The number of imidazole rings is 1. The van der Waals surface area contributed by atoms with Gasteiger partial charge in [0.15, 0.2) is 5.69 Å². The molecule has 0 N–H and O–H groups in total. The summed E-state index contributed by atoms with van der Waals surface area (Å²) in [5.74, 6) is 0.814. The molecule has 0 radical (unpaired) electrons. The Hall–Kier alpha value is -3.58. The van der Waals surface area contributed by atoms with Crippen LogP contribution in [0.2, 0.25) is 0 Å². The fourth-order valence-corrected chi connectivity index (χ4v) is 3.55. The van der Waals surface area contributed by atoms with Crippen LogP contribution >= 0.6 is 0 Å². The van der Waals surface area contributed by atoms with Crippen molar-refractivity contribution in [1.82, 2.24) is 4.57 Å². The van der Waals surface area contributed by atoms with E-state index in [1.807, 2.05) is 54.7 Å². The molecule has 4 aromatic rings. The zero-order valence-corrected chi connectivity index (χ0v) is 15.9. The minimum atomic E-state index is 0.358. The molecule has 0 saturated carbocycles. The topological polar surface area (TPSA) is 42.1 Å². The van der Waals surface area contributed by atoms with Crippen molar-refractivity contribution >= 4 is 5.65 Å². The zero-order chi connectivity index (χ0) is 19.3. The van der Waals surface area contributed by atoms with Gasteiger partial charge >= 0.3 is 5.65 Å². The molecule has 2 aromatic heterocycles. The number of pyridine rings is 1. The second-order valence-corrected chi connectivity index (χ2v) is 6.78. The fraction of sp³-hybridized carbons (Fsp3) is 0.167. The standard InChI is InChI=1S/C24H22N3O/c1-19-22(14-15-25)26-16-8-13-23(28-18-21-11-6-3-7-12-21)24(26)27(19)17-20-9-4-2-5-10-20/h2-13,16H,14,17-18H2,1H3/q+1. The maximum atomic E-state index is 9.32. The molecule has 0 saturated heterocycles. The second-order valence-electron chi connectivity index (χ2n) is 6.78. The molecule has 4 rings (SSSR count). The van der Waals surface area contributed by atoms with Crippen molar-refractivity contribution in [3.8, 4) is 11.8 Å². The van der Waals surface area contributed by atoms with Crippen molar-refractivity contribution in [1.29, 1.82) is 5.26 Å². The molecule has 2 heterocycles. The van der Waals surface area contributed by atoms with Gasteiger partial charge in [-0.05, 0) is 23.3 Å². The molecule has 138 valence electrons. The van der Waals surface area contributed by atoms with E-state index in [4.69, 9.17) is 4.74 Å². The highest BCUT2D eigenvalue weighted by atomic mass is 16.5. The molecule has 0 spiro atoms. The number of ether oxygens (including phenoxy) is 1. The van der Waals surface area contributed by atoms with E-state index in [1.165, 1.54) is 5.56 Å². The highest BCUT2D eigenvalue weighted by molar-refractivity contribution is 5.51. The summed E-state index contributed by atoms with van der Waals surface area (Å²) in [6.45, 7) is 3.31. The summed E-state index contributed by atoms with van der Waals surface area (Å²) < 4.78 is 10.5. The maximum absolute atomic E-state index is 9.32. The molecule has 0 fully saturated rings. The Morgan fingerprint density at radius 1 is 0.929 bits per heavy atom. The largest absolute Gasteiger partial charge is 0.481 e. The normalized spacial score (nSPS) is 10.7. The van der Waals surface area contributed by atoms with E-state index < -0.39 is 0 Å². The van der Waals surface area contributed by atoms with Crippen LogP contribution in [0.15, 0.2) is 79.0 Å². The summed E-state index contributed by atoms with van der Waals surface area (Å²) in [5.41, 5.74) is 5.40. The Balaban J connectivity index is 1.79. The van der Waals surface area contributed by atoms with Crippen LogP contribution in [-0.2, 0) is 19.6 Å². The van der Waals surface area contributed by atoms with Gasteiger partial charge in [0, 0.05) is 6.92 Å². The van der Waals surface area contributed by atoms with Gasteiger partial charge in [-0.1, -0.05) is 60.7 Å². The smallest absolute Gasteiger partial charge is 0.330 e. The summed E-state index contributed by atoms with van der Waals surface area (Å²) in [6.07, 6.45) is 2.36. The molecule has 2 aromatic carbocycles. The average Bonchev–Trinajstić information content (AvgIpc) is 3.00. The number of hydrogen-bond acceptors (Lipinski definition) is 2. The molecule has 0 unspecified atom stereocenters. The first-order valence-corrected chi connectivity index (χ1v) is 9.38. The summed E-state index contributed by atoms with van der Waals surface area (Å²) in [7, 11) is 0. The molecule has 0 bridgehead atoms. The van der Waals surface area contributed by atoms with Crippen molar-refractivity contribution in [2.45, 2.75) is 26.5 Å². The van der Waals surface area contributed by atoms with Crippen LogP contribution < -0.4 is 9.14 Å². The summed E-state index contributed by atoms with van der Waals surface area (Å²) >= 11 is 0. The molecule has 0 aliphatic rings. The van der Waals surface area contributed by atoms with Crippen LogP contribution in [0.3, 0.4) is 0 Å². The quantitative estimate of drug-likeness (QED) is 0.478. The van der Waals surface area contributed by atoms with Gasteiger partial charge in [0.2, 0.25) is 5.75 Å². The van der Waals surface area contributed by atoms with Gasteiger partial charge < -0.3 is 4.74 Å². The summed E-state index contributed by atoms with van der Waals surface area (Å²) in [4.78, 5) is 0. The van der Waals surface area contributed by atoms with Crippen molar-refractivity contribution in [3.63, 3.8) is 0 Å². The molecule has 4 heteroatoms. The highest BCUT2D eigenvalue weighted by Gasteiger charge is 2.26. The number of nitrogens with zero attached hydrogens (tertiary/aromatic N) is 3. The van der Waals surface area contributed by atoms with Crippen molar-refractivity contribution < 1.29 is 9.14 Å². The molecule has 0 aliphatic carbocycles. The number of rotatable bonds is 6. The molecule has 28 heavy (non-hydrogen) atoms. The van der Waals surface area contributed by atoms with Crippen LogP contribution in [0.5, 0.6) is 5.75 Å². The molecular formula is C24H22N3O+. The zero-order valence-electron chi connectivity index (χ0n) is 15.9. The molecular weight excluding hydrogens is 346 g/mol. The van der Waals surface area contributed by atoms with Gasteiger partial charge in [0.1, 0.15) is 25.3 Å². The van der Waals surface area contributed by atoms with E-state index in [0.29, 0.717) is 13.0 Å². The Bertz CT molecular complexity index is 1130. The lowest BCUT2D eigenvalue weighted by Gasteiger charge is -2.07. The van der Waals surface area contributed by atoms with Gasteiger partial charge in [0.05, 0.1) is 12.3 Å². The second kappa shape index (κ2) is 7.98. The lowest BCUT2D eigenvalue weighted by molar-refractivity contribution is -0.520. The van der Waals surface area contributed by atoms with E-state index in [2.05, 4.69) is 46.2 Å². The van der Waals surface area contributed by atoms with Crippen LogP contribution in [0, 0.1) is 18.3 Å². The molecule has 0 amide bonds. The van der Waals surface area contributed by atoms with E-state index in [9.17, 15) is 5.26 Å². The number of fused-ring (bicyclic) bond motifs is 1. The third-order valence-corrected chi connectivity index (χ3v) is 4.97. The minimum absolute atomic E-state index is 0.358. The lowest BCUT2D eigenvalue weighted by atomic mass is 10.2. The Labute approximate surface area is 164 Å². The van der Waals surface area contributed by atoms with E-state index >= 15 is 0 Å². The fourth-order valence-electron chi connectivity index (χ4n) is 3.55. The molecule has 0 atom stereocenters. The van der Waals surface area contributed by atoms with Crippen molar-refractivity contribution in [3.05, 3.63) is 102 Å². The van der Waals surface area contributed by atoms with Gasteiger partial charge in [-0.2, -0.15) is 9.66 Å². The number of benzene rings is 2. The minimum Gasteiger partial charge on any atom is -0.481 e. The van der Waals surface area contributed by atoms with E-state index in [1.54, 1.807) is 0 Å². The van der Waals surface area contributed by atoms with Gasteiger partial charge in [0.25, 0.3) is 0 Å². The van der Waals surface area contributed by atoms with E-state index in [-0.39, 0.29) is 0 Å². The van der Waals surface area contributed by atoms with E-state index in [0.717, 1.165) is 34.9 Å². The predicted molar refractivity (Wildman–Crippen MR) is 108 cm³/mol. The Morgan fingerprint density at radius 3 is 2.29 bits per heavy atom. The predicted octanol–water partition coefficient (Wildman–Crippen LogP) is 4.23. The SMILES string of the molecule is Cc1c(CC#N)[n+]2cccc(OCc3ccccc3)c2n1Cc1ccccc1. The number of nitriles is 1. The first-order valence-electron chi connectivity index (χ1n) is 9.38. The van der Waals surface area contributed by atoms with Crippen molar-refractivity contribution in [2.24, 2.45) is 0 Å². The molecule has 4 nitrogen and oxygen atoms in total. The Kier molecular flexibility index (Phi) is 5.07. The van der Waals surface area contributed by atoms with Crippen LogP contribution in [0.1, 0.15) is 22.5 Å². The van der Waals surface area contributed by atoms with Gasteiger partial charge in [-0.3, -0.25) is 0 Å². The summed E-state index contributed by atoms with van der Waals surface area (Å²) in [5, 5.41) is 9.32. The Morgan fingerprint density at radius 2 is 1.61 bits per heavy atom. The van der Waals surface area contributed by atoms with Crippen LogP contribution in [0.4, 0.5) is 0 Å².